The highest BCUT2D eigenvalue weighted by molar-refractivity contribution is 6.32. The number of hydrogen-bond donors (Lipinski definition) is 0. The second kappa shape index (κ2) is 7.15. The van der Waals surface area contributed by atoms with Gasteiger partial charge in [0.05, 0.1) is 29.7 Å². The molecule has 3 aromatic rings. The molecule has 0 fully saturated rings. The van der Waals surface area contributed by atoms with Crippen LogP contribution in [0.3, 0.4) is 0 Å². The molecule has 0 N–H and O–H groups in total. The standard InChI is InChI=1S/C23H22O5/c1-4-10-26-21-16-12-13(3)28-22(16)23(27-11-5-2)18-17(21)19(24)14-8-6-7-9-15(14)20(18)25/h6-9,12H,4-5,10-11H2,1-3H3. The number of benzene rings is 2. The van der Waals surface area contributed by atoms with E-state index in [1.165, 1.54) is 0 Å². The maximum Gasteiger partial charge on any atom is 0.198 e. The van der Waals surface area contributed by atoms with Gasteiger partial charge < -0.3 is 13.9 Å². The van der Waals surface area contributed by atoms with Crippen LogP contribution in [0.2, 0.25) is 0 Å². The van der Waals surface area contributed by atoms with Crippen molar-refractivity contribution in [2.45, 2.75) is 33.6 Å². The Balaban J connectivity index is 2.09. The number of fused-ring (bicyclic) bond motifs is 3. The Morgan fingerprint density at radius 3 is 1.96 bits per heavy atom. The Labute approximate surface area is 163 Å². The molecule has 1 aromatic heterocycles. The molecule has 0 amide bonds. The van der Waals surface area contributed by atoms with Crippen molar-refractivity contribution in [3.05, 3.63) is 58.3 Å². The summed E-state index contributed by atoms with van der Waals surface area (Å²) in [5.41, 5.74) is 1.74. The molecular weight excluding hydrogens is 356 g/mol. The minimum absolute atomic E-state index is 0.224. The zero-order valence-corrected chi connectivity index (χ0v) is 16.3. The van der Waals surface area contributed by atoms with Gasteiger partial charge in [-0.3, -0.25) is 9.59 Å². The average Bonchev–Trinajstić information content (AvgIpc) is 3.09. The molecule has 1 aliphatic carbocycles. The van der Waals surface area contributed by atoms with Crippen molar-refractivity contribution in [1.29, 1.82) is 0 Å². The lowest BCUT2D eigenvalue weighted by atomic mass is 9.82. The number of hydrogen-bond acceptors (Lipinski definition) is 5. The SMILES string of the molecule is CCCOc1c2c(c(OCCC)c3oc(C)cc13)C(=O)c1ccccc1C2=O. The van der Waals surface area contributed by atoms with E-state index in [4.69, 9.17) is 13.9 Å². The highest BCUT2D eigenvalue weighted by Crippen LogP contribution is 2.46. The van der Waals surface area contributed by atoms with Gasteiger partial charge in [0.15, 0.2) is 22.9 Å². The van der Waals surface area contributed by atoms with Crippen molar-refractivity contribution >= 4 is 22.5 Å². The third-order valence-electron chi connectivity index (χ3n) is 4.78. The molecule has 0 aliphatic heterocycles. The Kier molecular flexibility index (Phi) is 4.67. The fourth-order valence-electron chi connectivity index (χ4n) is 3.60. The summed E-state index contributed by atoms with van der Waals surface area (Å²) >= 11 is 0. The Morgan fingerprint density at radius 2 is 1.39 bits per heavy atom. The van der Waals surface area contributed by atoms with Gasteiger partial charge >= 0.3 is 0 Å². The Bertz CT molecular complexity index is 1010. The van der Waals surface area contributed by atoms with Gasteiger partial charge in [-0.05, 0) is 25.8 Å². The van der Waals surface area contributed by atoms with E-state index in [0.717, 1.165) is 12.8 Å². The van der Waals surface area contributed by atoms with Gasteiger partial charge in [0.25, 0.3) is 0 Å². The molecule has 1 aliphatic rings. The molecule has 5 nitrogen and oxygen atoms in total. The minimum Gasteiger partial charge on any atom is -0.492 e. The predicted molar refractivity (Wildman–Crippen MR) is 106 cm³/mol. The summed E-state index contributed by atoms with van der Waals surface area (Å²) in [5, 5.41) is 0.663. The third kappa shape index (κ3) is 2.70. The van der Waals surface area contributed by atoms with Crippen molar-refractivity contribution in [2.24, 2.45) is 0 Å². The predicted octanol–water partition coefficient (Wildman–Crippen LogP) is 5.09. The van der Waals surface area contributed by atoms with Crippen LogP contribution in [0.4, 0.5) is 0 Å². The van der Waals surface area contributed by atoms with Crippen LogP contribution in [-0.4, -0.2) is 24.8 Å². The van der Waals surface area contributed by atoms with Crippen molar-refractivity contribution in [2.75, 3.05) is 13.2 Å². The van der Waals surface area contributed by atoms with Crippen molar-refractivity contribution < 1.29 is 23.5 Å². The van der Waals surface area contributed by atoms with E-state index in [-0.39, 0.29) is 22.7 Å². The number of aryl methyl sites for hydroxylation is 1. The van der Waals surface area contributed by atoms with Crippen molar-refractivity contribution in [3.63, 3.8) is 0 Å². The largest absolute Gasteiger partial charge is 0.492 e. The van der Waals surface area contributed by atoms with Crippen LogP contribution in [0, 0.1) is 6.92 Å². The van der Waals surface area contributed by atoms with Gasteiger partial charge in [-0.1, -0.05) is 38.1 Å². The highest BCUT2D eigenvalue weighted by Gasteiger charge is 2.38. The lowest BCUT2D eigenvalue weighted by molar-refractivity contribution is 0.0972. The molecule has 28 heavy (non-hydrogen) atoms. The molecular formula is C23H22O5. The van der Waals surface area contributed by atoms with E-state index in [0.29, 0.717) is 52.6 Å². The van der Waals surface area contributed by atoms with E-state index in [1.807, 2.05) is 26.8 Å². The molecule has 144 valence electrons. The number of rotatable bonds is 6. The summed E-state index contributed by atoms with van der Waals surface area (Å²) in [6.45, 7) is 6.65. The van der Waals surface area contributed by atoms with Gasteiger partial charge in [-0.15, -0.1) is 0 Å². The molecule has 0 spiro atoms. The van der Waals surface area contributed by atoms with E-state index in [2.05, 4.69) is 0 Å². The summed E-state index contributed by atoms with van der Waals surface area (Å²) < 4.78 is 17.8. The molecule has 0 saturated heterocycles. The van der Waals surface area contributed by atoms with Crippen LogP contribution in [0.15, 0.2) is 34.7 Å². The van der Waals surface area contributed by atoms with Crippen LogP contribution in [0.5, 0.6) is 11.5 Å². The lowest BCUT2D eigenvalue weighted by Crippen LogP contribution is -2.23. The second-order valence-corrected chi connectivity index (χ2v) is 6.91. The summed E-state index contributed by atoms with van der Waals surface area (Å²) in [4.78, 5) is 26.8. The molecule has 0 unspecified atom stereocenters. The third-order valence-corrected chi connectivity index (χ3v) is 4.78. The normalized spacial score (nSPS) is 12.8. The molecule has 0 bridgehead atoms. The monoisotopic (exact) mass is 378 g/mol. The average molecular weight is 378 g/mol. The van der Waals surface area contributed by atoms with E-state index in [9.17, 15) is 9.59 Å². The van der Waals surface area contributed by atoms with E-state index in [1.54, 1.807) is 24.3 Å². The summed E-state index contributed by atoms with van der Waals surface area (Å²) in [5.74, 6) is 0.932. The van der Waals surface area contributed by atoms with Crippen LogP contribution < -0.4 is 9.47 Å². The second-order valence-electron chi connectivity index (χ2n) is 6.91. The first-order valence-electron chi connectivity index (χ1n) is 9.62. The summed E-state index contributed by atoms with van der Waals surface area (Å²) in [6.07, 6.45) is 1.54. The quantitative estimate of drug-likeness (QED) is 0.467. The van der Waals surface area contributed by atoms with E-state index >= 15 is 0 Å². The number of ether oxygens (including phenoxy) is 2. The highest BCUT2D eigenvalue weighted by atomic mass is 16.5. The smallest absolute Gasteiger partial charge is 0.198 e. The zero-order chi connectivity index (χ0) is 19.8. The maximum absolute atomic E-state index is 13.4. The first kappa shape index (κ1) is 18.3. The maximum atomic E-state index is 13.4. The molecule has 2 aromatic carbocycles. The Morgan fingerprint density at radius 1 is 0.857 bits per heavy atom. The molecule has 1 heterocycles. The fourth-order valence-corrected chi connectivity index (χ4v) is 3.60. The van der Waals surface area contributed by atoms with Crippen LogP contribution in [-0.2, 0) is 0 Å². The number of ketones is 2. The van der Waals surface area contributed by atoms with Gasteiger partial charge in [-0.25, -0.2) is 0 Å². The van der Waals surface area contributed by atoms with Gasteiger partial charge in [0.1, 0.15) is 11.5 Å². The van der Waals surface area contributed by atoms with Crippen LogP contribution in [0.1, 0.15) is 64.3 Å². The first-order valence-corrected chi connectivity index (χ1v) is 9.62. The number of carbonyl (C=O) groups is 2. The fraction of sp³-hybridized carbons (Fsp3) is 0.304. The van der Waals surface area contributed by atoms with Crippen molar-refractivity contribution in [3.8, 4) is 11.5 Å². The zero-order valence-electron chi connectivity index (χ0n) is 16.3. The molecule has 0 atom stereocenters. The summed E-state index contributed by atoms with van der Waals surface area (Å²) in [6, 6.07) is 8.70. The van der Waals surface area contributed by atoms with Gasteiger partial charge in [0.2, 0.25) is 0 Å². The number of furan rings is 1. The van der Waals surface area contributed by atoms with Crippen LogP contribution in [0.25, 0.3) is 11.0 Å². The van der Waals surface area contributed by atoms with Gasteiger partial charge in [0, 0.05) is 11.1 Å². The molecule has 0 saturated carbocycles. The molecule has 4 rings (SSSR count). The Hall–Kier alpha value is -3.08. The van der Waals surface area contributed by atoms with E-state index < -0.39 is 0 Å². The summed E-state index contributed by atoms with van der Waals surface area (Å²) in [7, 11) is 0. The molecule has 5 heteroatoms. The van der Waals surface area contributed by atoms with Crippen molar-refractivity contribution in [1.82, 2.24) is 0 Å². The van der Waals surface area contributed by atoms with Gasteiger partial charge in [-0.2, -0.15) is 0 Å². The van der Waals surface area contributed by atoms with Crippen LogP contribution >= 0.6 is 0 Å². The minimum atomic E-state index is -0.242. The molecule has 0 radical (unpaired) electrons. The first-order chi connectivity index (χ1) is 13.6. The lowest BCUT2D eigenvalue weighted by Gasteiger charge is -2.23. The topological polar surface area (TPSA) is 65.7 Å². The number of carbonyl (C=O) groups excluding carboxylic acids is 2.